The number of nitrogens with one attached hydrogen (secondary N) is 3. The van der Waals surface area contributed by atoms with E-state index in [1.54, 1.807) is 19.3 Å². The second-order valence-corrected chi connectivity index (χ2v) is 11.8. The molecule has 0 spiro atoms. The molecule has 3 heterocycles. The molecule has 2 aromatic heterocycles. The van der Waals surface area contributed by atoms with Gasteiger partial charge in [0.25, 0.3) is 5.91 Å². The van der Waals surface area contributed by atoms with Gasteiger partial charge in [0.2, 0.25) is 0 Å². The van der Waals surface area contributed by atoms with Crippen LogP contribution in [0.1, 0.15) is 48.4 Å². The molecule has 0 saturated heterocycles. The Morgan fingerprint density at radius 2 is 1.33 bits per heavy atom. The van der Waals surface area contributed by atoms with Crippen molar-refractivity contribution in [3.63, 3.8) is 0 Å². The fourth-order valence-corrected chi connectivity index (χ4v) is 4.90. The molecule has 4 aromatic rings. The SMILES string of the molecule is C#CC#CC#CC#CC#CC#CC#CC#CC#CC#CC#CC#CC.CN1CCc2cc(Nc3nccnc3C(=O)NCc3ccc4c(N)nccc4c3)ccc2C1.N=N/N=N/N=N/N=O.[HH].[HH].[HH].[HH].[HH].[HH].[HH].[HH].[HH].[HH]. The first-order valence-corrected chi connectivity index (χ1v) is 18.6. The number of nitrogens with two attached hydrogens (primary N) is 1. The number of hydrogen-bond acceptors (Lipinski definition) is 9. The van der Waals surface area contributed by atoms with Crippen LogP contribution in [0.25, 0.3) is 10.8 Å². The van der Waals surface area contributed by atoms with Crippen molar-refractivity contribution in [2.45, 2.75) is 26.4 Å². The maximum atomic E-state index is 12.9. The molecule has 16 heteroatoms. The van der Waals surface area contributed by atoms with Crippen LogP contribution < -0.4 is 16.4 Å². The zero-order valence-electron chi connectivity index (χ0n) is 35.0. The van der Waals surface area contributed by atoms with E-state index in [0.717, 1.165) is 41.5 Å². The molecule has 332 valence electrons. The van der Waals surface area contributed by atoms with Gasteiger partial charge < -0.3 is 21.3 Å². The van der Waals surface area contributed by atoms with E-state index in [1.165, 1.54) is 17.3 Å². The number of nitrogens with zero attached hydrogens (tertiary/aromatic N) is 10. The number of amides is 1. The molecule has 16 nitrogen and oxygen atoms in total. The van der Waals surface area contributed by atoms with E-state index < -0.39 is 0 Å². The number of carbonyl (C=O) groups excluding carboxylic acids is 1. The van der Waals surface area contributed by atoms with Crippen molar-refractivity contribution in [1.29, 1.82) is 5.53 Å². The molecule has 0 fully saturated rings. The third-order valence-corrected chi connectivity index (χ3v) is 7.55. The van der Waals surface area contributed by atoms with Gasteiger partial charge in [-0.15, -0.1) is 11.3 Å². The monoisotopic (exact) mass is 878 g/mol. The lowest BCUT2D eigenvalue weighted by Crippen LogP contribution is -2.26. The van der Waals surface area contributed by atoms with Crippen LogP contribution in [0.15, 0.2) is 92.5 Å². The average Bonchev–Trinajstić information content (AvgIpc) is 3.33. The molecule has 5 rings (SSSR count). The summed E-state index contributed by atoms with van der Waals surface area (Å²) in [4.78, 5) is 37.1. The molecule has 2 aromatic carbocycles. The van der Waals surface area contributed by atoms with Crippen LogP contribution >= 0.6 is 0 Å². The molecule has 0 unspecified atom stereocenters. The molecule has 0 bridgehead atoms. The normalized spacial score (nSPS) is 9.47. The maximum absolute atomic E-state index is 12.9. The van der Waals surface area contributed by atoms with Crippen molar-refractivity contribution < 1.29 is 19.1 Å². The zero-order valence-corrected chi connectivity index (χ0v) is 35.0. The van der Waals surface area contributed by atoms with Crippen molar-refractivity contribution in [2.24, 2.45) is 31.4 Å². The van der Waals surface area contributed by atoms with Gasteiger partial charge in [0.1, 0.15) is 11.1 Å². The minimum atomic E-state index is -0.292. The summed E-state index contributed by atoms with van der Waals surface area (Å²) in [5.74, 6) is 57.5. The predicted octanol–water partition coefficient (Wildman–Crippen LogP) is 7.84. The first kappa shape index (κ1) is 49.4. The minimum Gasteiger partial charge on any atom is -0.383 e. The molecular formula is C50H50N14O2. The number of carbonyl (C=O) groups is 1. The fourth-order valence-electron chi connectivity index (χ4n) is 4.90. The molecule has 0 atom stereocenters. The number of pyridine rings is 1. The highest BCUT2D eigenvalue weighted by Crippen LogP contribution is 2.25. The number of rotatable bonds is 8. The summed E-state index contributed by atoms with van der Waals surface area (Å²) in [5.41, 5.74) is 16.7. The summed E-state index contributed by atoms with van der Waals surface area (Å²) >= 11 is 0. The smallest absolute Gasteiger partial charge is 0.274 e. The van der Waals surface area contributed by atoms with E-state index in [-0.39, 0.29) is 25.9 Å². The number of likely N-dealkylation sites (N-methyl/N-ethyl adjacent to an activating group) is 1. The summed E-state index contributed by atoms with van der Waals surface area (Å²) in [6.07, 6.45) is 10.7. The van der Waals surface area contributed by atoms with Gasteiger partial charge in [-0.05, 0) is 177 Å². The van der Waals surface area contributed by atoms with E-state index in [0.29, 0.717) is 18.2 Å². The Bertz CT molecular complexity index is 3340. The second kappa shape index (κ2) is 31.0. The summed E-state index contributed by atoms with van der Waals surface area (Å²) in [6, 6.07) is 14.0. The summed E-state index contributed by atoms with van der Waals surface area (Å²) in [5, 5.41) is 23.0. The van der Waals surface area contributed by atoms with Gasteiger partial charge in [-0.25, -0.2) is 15.0 Å². The molecule has 1 aliphatic heterocycles. The van der Waals surface area contributed by atoms with E-state index in [1.807, 2.05) is 35.6 Å². The first-order chi connectivity index (χ1) is 32.4. The van der Waals surface area contributed by atoms with Crippen LogP contribution in [0.5, 0.6) is 0 Å². The highest BCUT2D eigenvalue weighted by Gasteiger charge is 2.17. The topological polar surface area (TPSA) is 224 Å². The number of anilines is 3. The molecular weight excluding hydrogens is 829 g/mol. The average molecular weight is 879 g/mol. The molecule has 5 N–H and O–H groups in total. The quantitative estimate of drug-likeness (QED) is 0.0589. The number of fused-ring (bicyclic) bond motifs is 2. The molecule has 0 radical (unpaired) electrons. The molecule has 0 aliphatic carbocycles. The fraction of sp³-hybridized carbons (Fsp3) is 0.120. The summed E-state index contributed by atoms with van der Waals surface area (Å²) < 4.78 is 0. The van der Waals surface area contributed by atoms with Crippen LogP contribution in [0.2, 0.25) is 0 Å². The van der Waals surface area contributed by atoms with E-state index >= 15 is 0 Å². The van der Waals surface area contributed by atoms with Crippen molar-refractivity contribution in [1.82, 2.24) is 25.2 Å². The third kappa shape index (κ3) is 19.9. The number of nitrogen functional groups attached to an aromatic ring is 1. The van der Waals surface area contributed by atoms with Crippen molar-refractivity contribution in [3.05, 3.63) is 88.3 Å². The van der Waals surface area contributed by atoms with Crippen LogP contribution in [0.3, 0.4) is 0 Å². The van der Waals surface area contributed by atoms with E-state index in [4.69, 9.17) is 22.6 Å². The molecule has 0 saturated carbocycles. The number of terminal acetylenes is 1. The van der Waals surface area contributed by atoms with Crippen molar-refractivity contribution in [3.8, 4) is 143 Å². The second-order valence-electron chi connectivity index (χ2n) is 11.8. The Kier molecular flexibility index (Phi) is 23.2. The largest absolute Gasteiger partial charge is 0.383 e. The van der Waals surface area contributed by atoms with Crippen LogP contribution in [0, 0.1) is 153 Å². The Hall–Kier alpha value is -10.9. The first-order valence-electron chi connectivity index (χ1n) is 18.6. The van der Waals surface area contributed by atoms with Gasteiger partial charge in [0.15, 0.2) is 11.5 Å². The number of benzene rings is 2. The van der Waals surface area contributed by atoms with E-state index in [9.17, 15) is 4.79 Å². The van der Waals surface area contributed by atoms with Crippen LogP contribution in [0.4, 0.5) is 17.3 Å². The summed E-state index contributed by atoms with van der Waals surface area (Å²) in [6.45, 7) is 4.04. The summed E-state index contributed by atoms with van der Waals surface area (Å²) in [7, 11) is 2.13. The lowest BCUT2D eigenvalue weighted by molar-refractivity contribution is 0.0946. The lowest BCUT2D eigenvalue weighted by Gasteiger charge is -2.25. The van der Waals surface area contributed by atoms with Crippen molar-refractivity contribution in [2.75, 3.05) is 24.6 Å². The maximum Gasteiger partial charge on any atom is 0.274 e. The van der Waals surface area contributed by atoms with Gasteiger partial charge in [0, 0.05) is 110 Å². The number of aromatic nitrogens is 3. The zero-order chi connectivity index (χ0) is 47.3. The predicted molar refractivity (Wildman–Crippen MR) is 271 cm³/mol. The van der Waals surface area contributed by atoms with Crippen molar-refractivity contribution >= 4 is 34.0 Å². The Balaban J connectivity index is -0.000000163. The van der Waals surface area contributed by atoms with Gasteiger partial charge in [-0.2, -0.15) is 5.53 Å². The molecule has 66 heavy (non-hydrogen) atoms. The minimum absolute atomic E-state index is 0. The Labute approximate surface area is 396 Å². The Morgan fingerprint density at radius 3 is 1.92 bits per heavy atom. The van der Waals surface area contributed by atoms with E-state index in [2.05, 4.69) is 212 Å². The van der Waals surface area contributed by atoms with Gasteiger partial charge >= 0.3 is 0 Å². The number of hydrogen-bond donors (Lipinski definition) is 4. The standard InChI is InChI=1S/C25H25N7O.C25H4.HN7O.10H2/c1-32-11-7-17-13-20(4-3-19(17)15-32)31-24-22(27-9-10-29-24)25(33)30-14-16-2-5-21-18(12-16)6-8-28-23(21)26;1-3-5-7-9-11-13-15-17-19-21-23-25-24-22-20-18-16-14-12-10-8-6-4-2;1-2-3-4-5-6-7-8;;;;;;;;;;/h2-6,8-10,12-13H,7,11,14-15H2,1H3,(H2,26,28)(H,29,31)(H,30,33);1H,2H3;1H;10*1H/b;;2-1?,4-3+,6-5+;;;;;;;;;;. The van der Waals surface area contributed by atoms with Crippen LogP contribution in [-0.4, -0.2) is 39.4 Å². The van der Waals surface area contributed by atoms with Gasteiger partial charge in [0.05, 0.1) is 0 Å². The highest BCUT2D eigenvalue weighted by molar-refractivity contribution is 5.97. The Morgan fingerprint density at radius 1 is 0.742 bits per heavy atom. The molecule has 1 amide bonds. The van der Waals surface area contributed by atoms with Gasteiger partial charge in [-0.1, -0.05) is 24.1 Å². The van der Waals surface area contributed by atoms with Gasteiger partial charge in [-0.3, -0.25) is 4.79 Å². The molecule has 1 aliphatic rings. The number of nitroso groups, excluding NO2 is 1. The van der Waals surface area contributed by atoms with Crippen LogP contribution in [-0.2, 0) is 19.5 Å². The lowest BCUT2D eigenvalue weighted by atomic mass is 9.99. The third-order valence-electron chi connectivity index (χ3n) is 7.55. The highest BCUT2D eigenvalue weighted by atomic mass is 16.3.